The van der Waals surface area contributed by atoms with Crippen molar-refractivity contribution >= 4 is 11.6 Å². The van der Waals surface area contributed by atoms with Crippen molar-refractivity contribution in [3.8, 4) is 0 Å². The molecule has 0 aliphatic carbocycles. The maximum atomic E-state index is 13.4. The molecule has 0 unspecified atom stereocenters. The number of anilines is 1. The molecule has 0 saturated heterocycles. The van der Waals surface area contributed by atoms with E-state index in [-0.39, 0.29) is 39.2 Å². The number of carbonyl (C=O) groups is 1. The largest absolute Gasteiger partial charge is 0.310 e. The monoisotopic (exact) mass is 274 g/mol. The third-order valence-corrected chi connectivity index (χ3v) is 2.21. The summed E-state index contributed by atoms with van der Waals surface area (Å²) in [6.45, 7) is 5.54. The normalized spacial score (nSPS) is 10.0. The number of amides is 1. The zero-order chi connectivity index (χ0) is 12.3. The van der Waals surface area contributed by atoms with Crippen LogP contribution in [-0.2, 0) is 26.5 Å². The van der Waals surface area contributed by atoms with Gasteiger partial charge in [0.05, 0.1) is 11.8 Å². The van der Waals surface area contributed by atoms with Crippen molar-refractivity contribution in [3.05, 3.63) is 29.8 Å². The fourth-order valence-electron chi connectivity index (χ4n) is 1.40. The van der Waals surface area contributed by atoms with Crippen LogP contribution in [0.5, 0.6) is 0 Å². The van der Waals surface area contributed by atoms with Crippen LogP contribution in [0.15, 0.2) is 12.1 Å². The molecular formula is C12H14F2NOTi. The summed E-state index contributed by atoms with van der Waals surface area (Å²) in [4.78, 5) is 13.1. The molecule has 1 rings (SSSR count). The number of benzene rings is 1. The number of hydrogen-bond donors (Lipinski definition) is 0. The molecule has 0 aliphatic rings. The third kappa shape index (κ3) is 3.89. The van der Waals surface area contributed by atoms with Gasteiger partial charge in [-0.05, 0) is 19.1 Å². The maximum Gasteiger partial charge on any atom is 0.229 e. The van der Waals surface area contributed by atoms with Crippen LogP contribution >= 0.6 is 0 Å². The van der Waals surface area contributed by atoms with Crippen molar-refractivity contribution in [1.29, 1.82) is 0 Å². The average Bonchev–Trinajstić information content (AvgIpc) is 2.21. The van der Waals surface area contributed by atoms with Crippen LogP contribution in [0.4, 0.5) is 14.5 Å². The van der Waals surface area contributed by atoms with Crippen molar-refractivity contribution in [3.63, 3.8) is 0 Å². The van der Waals surface area contributed by atoms with Crippen LogP contribution in [0.3, 0.4) is 0 Å². The third-order valence-electron chi connectivity index (χ3n) is 2.21. The SMILES string of the molecule is CCN(C(=O)C(C)C)c1ccc(F)[c]c1F.[Ti]. The van der Waals surface area contributed by atoms with Gasteiger partial charge in [0, 0.05) is 34.2 Å². The zero-order valence-corrected chi connectivity index (χ0v) is 11.6. The van der Waals surface area contributed by atoms with Crippen LogP contribution in [-0.4, -0.2) is 12.5 Å². The van der Waals surface area contributed by atoms with E-state index in [0.717, 1.165) is 6.07 Å². The maximum absolute atomic E-state index is 13.4. The van der Waals surface area contributed by atoms with E-state index in [1.54, 1.807) is 20.8 Å². The van der Waals surface area contributed by atoms with E-state index < -0.39 is 11.6 Å². The average molecular weight is 274 g/mol. The zero-order valence-electron chi connectivity index (χ0n) is 10.1. The molecule has 0 spiro atoms. The molecule has 0 saturated carbocycles. The van der Waals surface area contributed by atoms with Gasteiger partial charge in [0.2, 0.25) is 5.91 Å². The van der Waals surface area contributed by atoms with Gasteiger partial charge < -0.3 is 4.90 Å². The second kappa shape index (κ2) is 6.87. The minimum Gasteiger partial charge on any atom is -0.310 e. The van der Waals surface area contributed by atoms with Crippen molar-refractivity contribution in [2.75, 3.05) is 11.4 Å². The van der Waals surface area contributed by atoms with Gasteiger partial charge in [-0.3, -0.25) is 4.79 Å². The van der Waals surface area contributed by atoms with Gasteiger partial charge >= 0.3 is 0 Å². The molecule has 0 atom stereocenters. The Morgan fingerprint density at radius 2 is 2.00 bits per heavy atom. The molecule has 0 heterocycles. The Balaban J connectivity index is 0.00000256. The molecule has 0 aliphatic heterocycles. The molecule has 5 heteroatoms. The molecule has 0 aromatic heterocycles. The van der Waals surface area contributed by atoms with Gasteiger partial charge in [-0.25, -0.2) is 8.78 Å². The summed E-state index contributed by atoms with van der Waals surface area (Å²) < 4.78 is 26.1. The number of rotatable bonds is 3. The van der Waals surface area contributed by atoms with E-state index in [1.165, 1.54) is 11.0 Å². The van der Waals surface area contributed by atoms with Crippen LogP contribution in [0, 0.1) is 23.6 Å². The molecular weight excluding hydrogens is 260 g/mol. The fraction of sp³-hybridized carbons (Fsp3) is 0.417. The van der Waals surface area contributed by atoms with E-state index in [9.17, 15) is 13.6 Å². The first-order valence-electron chi connectivity index (χ1n) is 5.16. The summed E-state index contributed by atoms with van der Waals surface area (Å²) in [5, 5.41) is 0. The summed E-state index contributed by atoms with van der Waals surface area (Å²) >= 11 is 0. The Hall–Kier alpha value is -0.736. The van der Waals surface area contributed by atoms with Crippen molar-refractivity contribution < 1.29 is 35.3 Å². The molecule has 1 aromatic rings. The van der Waals surface area contributed by atoms with Gasteiger partial charge in [-0.1, -0.05) is 13.8 Å². The minimum atomic E-state index is -0.837. The molecule has 0 bridgehead atoms. The van der Waals surface area contributed by atoms with Crippen molar-refractivity contribution in [2.45, 2.75) is 20.8 Å². The Morgan fingerprint density at radius 3 is 2.41 bits per heavy atom. The van der Waals surface area contributed by atoms with Crippen LogP contribution < -0.4 is 4.90 Å². The second-order valence-electron chi connectivity index (χ2n) is 3.74. The molecule has 91 valence electrons. The first kappa shape index (κ1) is 16.3. The Bertz CT molecular complexity index is 396. The van der Waals surface area contributed by atoms with Crippen molar-refractivity contribution in [1.82, 2.24) is 0 Å². The summed E-state index contributed by atoms with van der Waals surface area (Å²) in [7, 11) is 0. The summed E-state index contributed by atoms with van der Waals surface area (Å²) in [6, 6.07) is 4.27. The molecule has 0 N–H and O–H groups in total. The first-order valence-corrected chi connectivity index (χ1v) is 5.16. The summed E-state index contributed by atoms with van der Waals surface area (Å²) in [5.74, 6) is -2.03. The topological polar surface area (TPSA) is 20.3 Å². The van der Waals surface area contributed by atoms with Crippen molar-refractivity contribution in [2.24, 2.45) is 5.92 Å². The Morgan fingerprint density at radius 1 is 1.41 bits per heavy atom. The standard InChI is InChI=1S/C12H14F2NO.Ti/c1-4-15(12(16)8(2)3)11-6-5-9(13)7-10(11)14;/h5-6,8H,4H2,1-3H3;. The fourth-order valence-corrected chi connectivity index (χ4v) is 1.40. The molecule has 17 heavy (non-hydrogen) atoms. The Labute approximate surface area is 115 Å². The molecule has 0 fully saturated rings. The van der Waals surface area contributed by atoms with E-state index >= 15 is 0 Å². The second-order valence-corrected chi connectivity index (χ2v) is 3.74. The van der Waals surface area contributed by atoms with E-state index in [2.05, 4.69) is 0 Å². The molecule has 1 amide bonds. The molecule has 2 nitrogen and oxygen atoms in total. The van der Waals surface area contributed by atoms with Gasteiger partial charge in [-0.15, -0.1) is 0 Å². The van der Waals surface area contributed by atoms with Crippen LogP contribution in [0.1, 0.15) is 20.8 Å². The van der Waals surface area contributed by atoms with Gasteiger partial charge in [-0.2, -0.15) is 0 Å². The minimum absolute atomic E-state index is 0. The summed E-state index contributed by atoms with van der Waals surface area (Å²) in [5.41, 5.74) is 0.0719. The predicted molar refractivity (Wildman–Crippen MR) is 58.1 cm³/mol. The van der Waals surface area contributed by atoms with E-state index in [0.29, 0.717) is 6.54 Å². The number of hydrogen-bond acceptors (Lipinski definition) is 1. The van der Waals surface area contributed by atoms with Crippen LogP contribution in [0.25, 0.3) is 0 Å². The quantitative estimate of drug-likeness (QED) is 0.776. The van der Waals surface area contributed by atoms with E-state index in [1.807, 2.05) is 6.07 Å². The Kier molecular flexibility index (Phi) is 6.57. The number of nitrogens with zero attached hydrogens (tertiary/aromatic N) is 1. The molecule has 1 aromatic carbocycles. The van der Waals surface area contributed by atoms with Gasteiger partial charge in [0.15, 0.2) is 5.82 Å². The van der Waals surface area contributed by atoms with Crippen LogP contribution in [0.2, 0.25) is 0 Å². The van der Waals surface area contributed by atoms with Gasteiger partial charge in [0.1, 0.15) is 5.82 Å². The number of carbonyl (C=O) groups excluding carboxylic acids is 1. The first-order chi connectivity index (χ1) is 7.47. The van der Waals surface area contributed by atoms with Gasteiger partial charge in [0.25, 0.3) is 0 Å². The molecule has 1 radical (unpaired) electrons. The van der Waals surface area contributed by atoms with E-state index in [4.69, 9.17) is 0 Å². The summed E-state index contributed by atoms with van der Waals surface area (Å²) in [6.07, 6.45) is 0. The number of halogens is 2. The smallest absolute Gasteiger partial charge is 0.229 e. The predicted octanol–water partition coefficient (Wildman–Crippen LogP) is 2.77.